The molecule has 0 spiro atoms. The summed E-state index contributed by atoms with van der Waals surface area (Å²) < 4.78 is 31.1. The van der Waals surface area contributed by atoms with Crippen molar-refractivity contribution in [2.75, 3.05) is 19.6 Å². The molecule has 0 aliphatic carbocycles. The summed E-state index contributed by atoms with van der Waals surface area (Å²) in [5, 5.41) is 7.40. The molecule has 1 aliphatic rings. The minimum Gasteiger partial charge on any atom is -0.337 e. The minimum absolute atomic E-state index is 0.118. The summed E-state index contributed by atoms with van der Waals surface area (Å²) in [6, 6.07) is -0.205. The van der Waals surface area contributed by atoms with Gasteiger partial charge in [0, 0.05) is 51.3 Å². The summed E-state index contributed by atoms with van der Waals surface area (Å²) in [7, 11) is -1.74. The van der Waals surface area contributed by atoms with Crippen LogP contribution in [0.5, 0.6) is 0 Å². The summed E-state index contributed by atoms with van der Waals surface area (Å²) >= 11 is 0. The Balaban J connectivity index is 1.97. The zero-order valence-electron chi connectivity index (χ0n) is 13.5. The average Bonchev–Trinajstić information content (AvgIpc) is 3.16. The van der Waals surface area contributed by atoms with Crippen molar-refractivity contribution in [3.63, 3.8) is 0 Å². The number of nitrogens with zero attached hydrogens (tertiary/aromatic N) is 5. The lowest BCUT2D eigenvalue weighted by Crippen LogP contribution is -2.49. The second-order valence-corrected chi connectivity index (χ2v) is 7.87. The van der Waals surface area contributed by atoms with E-state index in [2.05, 4.69) is 15.4 Å². The summed E-state index contributed by atoms with van der Waals surface area (Å²) in [5.74, 6) is 0.733. The van der Waals surface area contributed by atoms with Crippen molar-refractivity contribution in [3.8, 4) is 0 Å². The summed E-state index contributed by atoms with van der Waals surface area (Å²) in [6.07, 6.45) is 6.53. The molecule has 8 nitrogen and oxygen atoms in total. The number of piperazine rings is 1. The van der Waals surface area contributed by atoms with Gasteiger partial charge in [-0.25, -0.2) is 13.4 Å². The summed E-state index contributed by atoms with van der Waals surface area (Å²) in [5.41, 5.74) is 0. The largest absolute Gasteiger partial charge is 0.337 e. The molecule has 1 aliphatic heterocycles. The predicted molar refractivity (Wildman–Crippen MR) is 85.3 cm³/mol. The molecule has 0 aromatic carbocycles. The van der Waals surface area contributed by atoms with Gasteiger partial charge in [0.2, 0.25) is 10.0 Å². The Hall–Kier alpha value is -1.71. The summed E-state index contributed by atoms with van der Waals surface area (Å²) in [6.45, 7) is 5.50. The van der Waals surface area contributed by atoms with Crippen molar-refractivity contribution in [1.29, 1.82) is 0 Å². The fraction of sp³-hybridized carbons (Fsp3) is 0.571. The molecule has 0 saturated carbocycles. The van der Waals surface area contributed by atoms with Crippen LogP contribution in [0, 0.1) is 0 Å². The van der Waals surface area contributed by atoms with Crippen molar-refractivity contribution in [3.05, 3.63) is 30.6 Å². The van der Waals surface area contributed by atoms with Crippen molar-refractivity contribution < 1.29 is 8.42 Å². The maximum Gasteiger partial charge on any atom is 0.246 e. The number of aryl methyl sites for hydroxylation is 1. The Morgan fingerprint density at radius 2 is 2.17 bits per heavy atom. The van der Waals surface area contributed by atoms with E-state index in [0.29, 0.717) is 19.6 Å². The molecule has 23 heavy (non-hydrogen) atoms. The van der Waals surface area contributed by atoms with Gasteiger partial charge in [0.15, 0.2) is 0 Å². The molecule has 2 aromatic heterocycles. The normalized spacial score (nSPS) is 20.3. The first-order valence-electron chi connectivity index (χ1n) is 7.65. The quantitative estimate of drug-likeness (QED) is 0.879. The van der Waals surface area contributed by atoms with Crippen molar-refractivity contribution in [1.82, 2.24) is 29.0 Å². The van der Waals surface area contributed by atoms with Gasteiger partial charge in [0.1, 0.15) is 10.7 Å². The monoisotopic (exact) mass is 338 g/mol. The number of sulfonamides is 1. The predicted octanol–water partition coefficient (Wildman–Crippen LogP) is 0.533. The average molecular weight is 338 g/mol. The van der Waals surface area contributed by atoms with E-state index in [1.807, 2.05) is 31.7 Å². The zero-order chi connectivity index (χ0) is 16.6. The molecular formula is C14H22N6O2S. The van der Waals surface area contributed by atoms with Crippen LogP contribution in [-0.4, -0.2) is 51.7 Å². The number of aromatic nitrogens is 4. The number of nitrogens with one attached hydrogen (secondary N) is 1. The van der Waals surface area contributed by atoms with E-state index >= 15 is 0 Å². The van der Waals surface area contributed by atoms with E-state index in [4.69, 9.17) is 0 Å². The molecule has 9 heteroatoms. The molecule has 126 valence electrons. The molecule has 1 N–H and O–H groups in total. The number of imidazole rings is 1. The lowest BCUT2D eigenvalue weighted by molar-refractivity contribution is 0.258. The van der Waals surface area contributed by atoms with E-state index in [1.54, 1.807) is 17.1 Å². The fourth-order valence-electron chi connectivity index (χ4n) is 2.76. The highest BCUT2D eigenvalue weighted by Gasteiger charge is 2.37. The molecule has 2 aromatic rings. The maximum absolute atomic E-state index is 13.0. The van der Waals surface area contributed by atoms with Crippen LogP contribution in [0.1, 0.15) is 31.8 Å². The number of hydrogen-bond acceptors (Lipinski definition) is 5. The lowest BCUT2D eigenvalue weighted by atomic mass is 10.2. The first-order chi connectivity index (χ1) is 10.9. The van der Waals surface area contributed by atoms with Crippen LogP contribution in [0.25, 0.3) is 0 Å². The molecule has 1 unspecified atom stereocenters. The molecule has 0 radical (unpaired) electrons. The van der Waals surface area contributed by atoms with Crippen LogP contribution in [-0.2, 0) is 17.1 Å². The van der Waals surface area contributed by atoms with Crippen LogP contribution in [0.15, 0.2) is 29.7 Å². The van der Waals surface area contributed by atoms with Gasteiger partial charge in [0.25, 0.3) is 0 Å². The highest BCUT2D eigenvalue weighted by atomic mass is 32.2. The van der Waals surface area contributed by atoms with E-state index in [-0.39, 0.29) is 17.0 Å². The zero-order valence-corrected chi connectivity index (χ0v) is 14.4. The lowest BCUT2D eigenvalue weighted by Gasteiger charge is -2.34. The highest BCUT2D eigenvalue weighted by Crippen LogP contribution is 2.28. The van der Waals surface area contributed by atoms with Crippen molar-refractivity contribution in [2.24, 2.45) is 7.05 Å². The second kappa shape index (κ2) is 6.06. The Labute approximate surface area is 136 Å². The van der Waals surface area contributed by atoms with Gasteiger partial charge < -0.3 is 9.88 Å². The number of rotatable bonds is 4. The molecule has 3 rings (SSSR count). The molecule has 0 bridgehead atoms. The minimum atomic E-state index is -3.61. The third kappa shape index (κ3) is 2.91. The third-order valence-corrected chi connectivity index (χ3v) is 5.93. The topological polar surface area (TPSA) is 85.0 Å². The van der Waals surface area contributed by atoms with Gasteiger partial charge in [-0.2, -0.15) is 9.40 Å². The van der Waals surface area contributed by atoms with E-state index < -0.39 is 10.0 Å². The summed E-state index contributed by atoms with van der Waals surface area (Å²) in [4.78, 5) is 4.56. The van der Waals surface area contributed by atoms with Crippen LogP contribution in [0.2, 0.25) is 0 Å². The molecule has 1 atom stereocenters. The molecule has 0 amide bonds. The van der Waals surface area contributed by atoms with Gasteiger partial charge in [-0.1, -0.05) is 0 Å². The first kappa shape index (κ1) is 16.2. The Kier molecular flexibility index (Phi) is 4.26. The fourth-order valence-corrected chi connectivity index (χ4v) is 4.29. The Bertz CT molecular complexity index is 779. The van der Waals surface area contributed by atoms with Gasteiger partial charge >= 0.3 is 0 Å². The van der Waals surface area contributed by atoms with Crippen LogP contribution in [0.4, 0.5) is 0 Å². The van der Waals surface area contributed by atoms with Crippen LogP contribution >= 0.6 is 0 Å². The number of hydrogen-bond donors (Lipinski definition) is 1. The maximum atomic E-state index is 13.0. The molecule has 1 fully saturated rings. The first-order valence-corrected chi connectivity index (χ1v) is 9.09. The van der Waals surface area contributed by atoms with E-state index in [9.17, 15) is 8.42 Å². The van der Waals surface area contributed by atoms with Gasteiger partial charge in [-0.15, -0.1) is 0 Å². The van der Waals surface area contributed by atoms with Gasteiger partial charge in [0.05, 0.1) is 12.2 Å². The molecule has 1 saturated heterocycles. The van der Waals surface area contributed by atoms with Crippen LogP contribution in [0.3, 0.4) is 0 Å². The van der Waals surface area contributed by atoms with E-state index in [0.717, 1.165) is 5.82 Å². The Morgan fingerprint density at radius 1 is 1.39 bits per heavy atom. The van der Waals surface area contributed by atoms with E-state index in [1.165, 1.54) is 10.5 Å². The molecule has 3 heterocycles. The molecular weight excluding hydrogens is 316 g/mol. The SMILES string of the molecule is CC(C)n1cc(S(=O)(=O)N2CCNCC2c2nccn2C)cn1. The highest BCUT2D eigenvalue weighted by molar-refractivity contribution is 7.89. The van der Waals surface area contributed by atoms with Crippen molar-refractivity contribution in [2.45, 2.75) is 30.8 Å². The smallest absolute Gasteiger partial charge is 0.246 e. The van der Waals surface area contributed by atoms with Crippen LogP contribution < -0.4 is 5.32 Å². The van der Waals surface area contributed by atoms with Gasteiger partial charge in [-0.05, 0) is 13.8 Å². The Morgan fingerprint density at radius 3 is 2.78 bits per heavy atom. The second-order valence-electron chi connectivity index (χ2n) is 5.98. The standard InChI is InChI=1S/C14H22N6O2S/c1-11(2)19-10-12(8-17-19)23(21,22)20-7-4-15-9-13(20)14-16-5-6-18(14)3/h5-6,8,10-11,13,15H,4,7,9H2,1-3H3. The van der Waals surface area contributed by atoms with Gasteiger partial charge in [-0.3, -0.25) is 4.68 Å². The third-order valence-electron chi connectivity index (χ3n) is 4.06. The van der Waals surface area contributed by atoms with Crippen molar-refractivity contribution >= 4 is 10.0 Å².